The maximum Gasteiger partial charge on any atom is 0.262 e. The summed E-state index contributed by atoms with van der Waals surface area (Å²) < 4.78 is 10.8. The number of hydrogen-bond donors (Lipinski definition) is 0. The van der Waals surface area contributed by atoms with E-state index in [0.717, 1.165) is 30.2 Å². The third kappa shape index (κ3) is 3.02. The van der Waals surface area contributed by atoms with Crippen molar-refractivity contribution < 1.29 is 14.3 Å². The van der Waals surface area contributed by atoms with Crippen molar-refractivity contribution in [3.05, 3.63) is 41.7 Å². The van der Waals surface area contributed by atoms with E-state index in [0.29, 0.717) is 37.9 Å². The van der Waals surface area contributed by atoms with Crippen molar-refractivity contribution in [2.75, 3.05) is 42.7 Å². The van der Waals surface area contributed by atoms with Gasteiger partial charge in [0.2, 0.25) is 5.95 Å². The molecule has 1 amide bonds. The summed E-state index contributed by atoms with van der Waals surface area (Å²) in [6.45, 7) is 5.93. The number of rotatable bonds is 4. The fourth-order valence-corrected chi connectivity index (χ4v) is 3.09. The SMILES string of the molecule is CCOc1ccc(N2Cc3nc(N4CCOCC4)ncc3C2=O)cc1. The van der Waals surface area contributed by atoms with Gasteiger partial charge in [0.1, 0.15) is 5.75 Å². The largest absolute Gasteiger partial charge is 0.494 e. The summed E-state index contributed by atoms with van der Waals surface area (Å²) in [5.74, 6) is 1.40. The van der Waals surface area contributed by atoms with Crippen LogP contribution in [-0.2, 0) is 11.3 Å². The number of morpholine rings is 1. The maximum absolute atomic E-state index is 12.7. The van der Waals surface area contributed by atoms with Gasteiger partial charge in [0.05, 0.1) is 37.6 Å². The molecular weight excluding hydrogens is 320 g/mol. The second-order valence-corrected chi connectivity index (χ2v) is 5.95. The van der Waals surface area contributed by atoms with Gasteiger partial charge in [-0.2, -0.15) is 0 Å². The highest BCUT2D eigenvalue weighted by Gasteiger charge is 2.31. The van der Waals surface area contributed by atoms with Crippen LogP contribution in [0.5, 0.6) is 5.75 Å². The second-order valence-electron chi connectivity index (χ2n) is 5.95. The van der Waals surface area contributed by atoms with Crippen molar-refractivity contribution in [2.45, 2.75) is 13.5 Å². The summed E-state index contributed by atoms with van der Waals surface area (Å²) >= 11 is 0. The Morgan fingerprint density at radius 3 is 2.68 bits per heavy atom. The normalized spacial score (nSPS) is 16.9. The smallest absolute Gasteiger partial charge is 0.262 e. The van der Waals surface area contributed by atoms with Crippen molar-refractivity contribution in [1.82, 2.24) is 9.97 Å². The minimum absolute atomic E-state index is 0.0623. The Hall–Kier alpha value is -2.67. The number of nitrogens with zero attached hydrogens (tertiary/aromatic N) is 4. The molecule has 0 N–H and O–H groups in total. The molecule has 130 valence electrons. The van der Waals surface area contributed by atoms with Crippen LogP contribution in [0.1, 0.15) is 23.0 Å². The minimum atomic E-state index is -0.0623. The molecule has 2 aliphatic rings. The van der Waals surface area contributed by atoms with Gasteiger partial charge in [0.25, 0.3) is 5.91 Å². The van der Waals surface area contributed by atoms with E-state index >= 15 is 0 Å². The van der Waals surface area contributed by atoms with Crippen LogP contribution in [-0.4, -0.2) is 48.8 Å². The lowest BCUT2D eigenvalue weighted by atomic mass is 10.2. The van der Waals surface area contributed by atoms with Crippen LogP contribution in [0.15, 0.2) is 30.5 Å². The molecule has 3 heterocycles. The van der Waals surface area contributed by atoms with Gasteiger partial charge in [-0.15, -0.1) is 0 Å². The van der Waals surface area contributed by atoms with Gasteiger partial charge in [-0.25, -0.2) is 9.97 Å². The van der Waals surface area contributed by atoms with E-state index in [1.807, 2.05) is 31.2 Å². The quantitative estimate of drug-likeness (QED) is 0.846. The number of aromatic nitrogens is 2. The maximum atomic E-state index is 12.7. The number of amides is 1. The molecule has 2 aliphatic heterocycles. The highest BCUT2D eigenvalue weighted by molar-refractivity contribution is 6.09. The van der Waals surface area contributed by atoms with Gasteiger partial charge in [0.15, 0.2) is 0 Å². The van der Waals surface area contributed by atoms with Gasteiger partial charge in [-0.05, 0) is 31.2 Å². The highest BCUT2D eigenvalue weighted by atomic mass is 16.5. The van der Waals surface area contributed by atoms with E-state index in [4.69, 9.17) is 9.47 Å². The average Bonchev–Trinajstić information content (AvgIpc) is 2.99. The molecule has 25 heavy (non-hydrogen) atoms. The molecule has 0 unspecified atom stereocenters. The monoisotopic (exact) mass is 340 g/mol. The Morgan fingerprint density at radius 2 is 1.96 bits per heavy atom. The van der Waals surface area contributed by atoms with Crippen molar-refractivity contribution in [1.29, 1.82) is 0 Å². The van der Waals surface area contributed by atoms with Crippen LogP contribution in [0.3, 0.4) is 0 Å². The van der Waals surface area contributed by atoms with Crippen LogP contribution < -0.4 is 14.5 Å². The van der Waals surface area contributed by atoms with Crippen LogP contribution in [0.2, 0.25) is 0 Å². The van der Waals surface area contributed by atoms with Crippen molar-refractivity contribution in [2.24, 2.45) is 0 Å². The third-order valence-corrected chi connectivity index (χ3v) is 4.39. The zero-order valence-electron chi connectivity index (χ0n) is 14.1. The summed E-state index contributed by atoms with van der Waals surface area (Å²) in [4.78, 5) is 25.5. The zero-order chi connectivity index (χ0) is 17.2. The summed E-state index contributed by atoms with van der Waals surface area (Å²) in [6, 6.07) is 7.54. The molecular formula is C18H20N4O3. The lowest BCUT2D eigenvalue weighted by molar-refractivity contribution is 0.0996. The van der Waals surface area contributed by atoms with Crippen molar-refractivity contribution in [3.8, 4) is 5.75 Å². The fraction of sp³-hybridized carbons (Fsp3) is 0.389. The van der Waals surface area contributed by atoms with E-state index in [2.05, 4.69) is 14.9 Å². The molecule has 2 aromatic rings. The molecule has 1 aromatic carbocycles. The number of hydrogen-bond acceptors (Lipinski definition) is 6. The van der Waals surface area contributed by atoms with Gasteiger partial charge in [-0.1, -0.05) is 0 Å². The number of carbonyl (C=O) groups excluding carboxylic acids is 1. The summed E-state index contributed by atoms with van der Waals surface area (Å²) in [7, 11) is 0. The van der Waals surface area contributed by atoms with Gasteiger partial charge in [0, 0.05) is 25.0 Å². The summed E-state index contributed by atoms with van der Waals surface area (Å²) in [6.07, 6.45) is 1.64. The summed E-state index contributed by atoms with van der Waals surface area (Å²) in [5, 5.41) is 0. The Bertz CT molecular complexity index is 772. The number of carbonyl (C=O) groups is 1. The first kappa shape index (κ1) is 15.8. The zero-order valence-corrected chi connectivity index (χ0v) is 14.1. The highest BCUT2D eigenvalue weighted by Crippen LogP contribution is 2.29. The number of anilines is 2. The molecule has 0 saturated carbocycles. The molecule has 0 aliphatic carbocycles. The van der Waals surface area contributed by atoms with E-state index in [-0.39, 0.29) is 5.91 Å². The lowest BCUT2D eigenvalue weighted by Gasteiger charge is -2.26. The van der Waals surface area contributed by atoms with Crippen LogP contribution in [0.4, 0.5) is 11.6 Å². The first-order valence-corrected chi connectivity index (χ1v) is 8.49. The number of ether oxygens (including phenoxy) is 2. The minimum Gasteiger partial charge on any atom is -0.494 e. The van der Waals surface area contributed by atoms with E-state index in [9.17, 15) is 4.79 Å². The predicted molar refractivity (Wildman–Crippen MR) is 93.2 cm³/mol. The number of fused-ring (bicyclic) bond motifs is 1. The molecule has 7 nitrogen and oxygen atoms in total. The average molecular weight is 340 g/mol. The van der Waals surface area contributed by atoms with Crippen LogP contribution >= 0.6 is 0 Å². The molecule has 1 fully saturated rings. The van der Waals surface area contributed by atoms with Gasteiger partial charge < -0.3 is 19.3 Å². The number of benzene rings is 1. The van der Waals surface area contributed by atoms with E-state index < -0.39 is 0 Å². The van der Waals surface area contributed by atoms with E-state index in [1.54, 1.807) is 11.1 Å². The first-order valence-electron chi connectivity index (χ1n) is 8.49. The second kappa shape index (κ2) is 6.68. The van der Waals surface area contributed by atoms with E-state index in [1.165, 1.54) is 0 Å². The van der Waals surface area contributed by atoms with Crippen molar-refractivity contribution >= 4 is 17.5 Å². The molecule has 0 bridgehead atoms. The third-order valence-electron chi connectivity index (χ3n) is 4.39. The lowest BCUT2D eigenvalue weighted by Crippen LogP contribution is -2.37. The molecule has 4 rings (SSSR count). The Kier molecular flexibility index (Phi) is 4.23. The van der Waals surface area contributed by atoms with Crippen LogP contribution in [0, 0.1) is 0 Å². The molecule has 1 aromatic heterocycles. The van der Waals surface area contributed by atoms with Gasteiger partial charge >= 0.3 is 0 Å². The standard InChI is InChI=1S/C18H20N4O3/c1-2-25-14-5-3-13(4-6-14)22-12-16-15(17(22)23)11-19-18(20-16)21-7-9-24-10-8-21/h3-6,11H,2,7-10,12H2,1H3. The Labute approximate surface area is 146 Å². The van der Waals surface area contributed by atoms with Crippen LogP contribution in [0.25, 0.3) is 0 Å². The molecule has 7 heteroatoms. The molecule has 0 spiro atoms. The fourth-order valence-electron chi connectivity index (χ4n) is 3.09. The molecule has 0 atom stereocenters. The Balaban J connectivity index is 1.55. The first-order chi connectivity index (χ1) is 12.3. The molecule has 0 radical (unpaired) electrons. The topological polar surface area (TPSA) is 67.8 Å². The van der Waals surface area contributed by atoms with Gasteiger partial charge in [-0.3, -0.25) is 4.79 Å². The molecule has 1 saturated heterocycles. The predicted octanol–water partition coefficient (Wildman–Crippen LogP) is 1.87. The Morgan fingerprint density at radius 1 is 1.20 bits per heavy atom. The van der Waals surface area contributed by atoms with Crippen molar-refractivity contribution in [3.63, 3.8) is 0 Å². The summed E-state index contributed by atoms with van der Waals surface area (Å²) in [5.41, 5.74) is 2.18.